The van der Waals surface area contributed by atoms with Gasteiger partial charge in [0.1, 0.15) is 0 Å². The zero-order chi connectivity index (χ0) is 10.7. The van der Waals surface area contributed by atoms with Crippen molar-refractivity contribution in [1.82, 2.24) is 0 Å². The number of rotatable bonds is 5. The molecule has 0 aromatic rings. The summed E-state index contributed by atoms with van der Waals surface area (Å²) in [4.78, 5) is 9.76. The lowest BCUT2D eigenvalue weighted by atomic mass is 10.3. The Kier molecular flexibility index (Phi) is 13.0. The first kappa shape index (κ1) is 14.9. The summed E-state index contributed by atoms with van der Waals surface area (Å²) in [5.74, 6) is -0.693. The first-order valence-corrected chi connectivity index (χ1v) is 4.62. The van der Waals surface area contributed by atoms with E-state index < -0.39 is 12.3 Å². The molecule has 0 aliphatic heterocycles. The number of aliphatic carboxylic acids is 1. The summed E-state index contributed by atoms with van der Waals surface area (Å²) in [6.07, 6.45) is 2.30. The highest BCUT2D eigenvalue weighted by atomic mass is 16.5. The summed E-state index contributed by atoms with van der Waals surface area (Å²) in [6, 6.07) is 0. The van der Waals surface area contributed by atoms with E-state index in [1.807, 2.05) is 13.8 Å². The zero-order valence-electron chi connectivity index (χ0n) is 8.36. The van der Waals surface area contributed by atoms with Crippen LogP contribution < -0.4 is 0 Å². The van der Waals surface area contributed by atoms with E-state index in [9.17, 15) is 4.79 Å². The molecular formula is C9H20O4. The Morgan fingerprint density at radius 3 is 1.85 bits per heavy atom. The fourth-order valence-corrected chi connectivity index (χ4v) is 0.586. The smallest absolute Gasteiger partial charge is 0.303 e. The van der Waals surface area contributed by atoms with Crippen LogP contribution >= 0.6 is 0 Å². The Labute approximate surface area is 79.2 Å². The molecule has 0 unspecified atom stereocenters. The van der Waals surface area contributed by atoms with Crippen molar-refractivity contribution in [2.75, 3.05) is 0 Å². The van der Waals surface area contributed by atoms with E-state index in [4.69, 9.17) is 15.3 Å². The van der Waals surface area contributed by atoms with Crippen molar-refractivity contribution in [3.05, 3.63) is 0 Å². The first-order valence-electron chi connectivity index (χ1n) is 4.62. The van der Waals surface area contributed by atoms with Gasteiger partial charge in [0.15, 0.2) is 6.29 Å². The molecule has 0 aromatic heterocycles. The molecular weight excluding hydrogens is 172 g/mol. The van der Waals surface area contributed by atoms with Crippen LogP contribution in [0.2, 0.25) is 0 Å². The van der Waals surface area contributed by atoms with Crippen molar-refractivity contribution in [1.29, 1.82) is 0 Å². The lowest BCUT2D eigenvalue weighted by molar-refractivity contribution is -0.137. The van der Waals surface area contributed by atoms with Gasteiger partial charge in [-0.2, -0.15) is 0 Å². The molecule has 0 radical (unpaired) electrons. The van der Waals surface area contributed by atoms with Crippen LogP contribution in [0.3, 0.4) is 0 Å². The van der Waals surface area contributed by atoms with Crippen LogP contribution in [0.5, 0.6) is 0 Å². The van der Waals surface area contributed by atoms with Crippen LogP contribution in [-0.4, -0.2) is 27.6 Å². The fourth-order valence-electron chi connectivity index (χ4n) is 0.586. The van der Waals surface area contributed by atoms with Gasteiger partial charge in [0.05, 0.1) is 0 Å². The van der Waals surface area contributed by atoms with Crippen molar-refractivity contribution >= 4 is 5.97 Å². The third-order valence-corrected chi connectivity index (χ3v) is 1.29. The maximum absolute atomic E-state index is 9.76. The Morgan fingerprint density at radius 2 is 1.77 bits per heavy atom. The fraction of sp³-hybridized carbons (Fsp3) is 0.889. The third-order valence-electron chi connectivity index (χ3n) is 1.29. The van der Waals surface area contributed by atoms with Gasteiger partial charge in [-0.05, 0) is 12.8 Å². The van der Waals surface area contributed by atoms with Gasteiger partial charge in [-0.15, -0.1) is 0 Å². The zero-order valence-corrected chi connectivity index (χ0v) is 8.36. The molecule has 0 rings (SSSR count). The molecule has 0 spiro atoms. The second kappa shape index (κ2) is 11.4. The summed E-state index contributed by atoms with van der Waals surface area (Å²) in [5, 5.41) is 24.3. The topological polar surface area (TPSA) is 77.8 Å². The molecule has 0 saturated carbocycles. The van der Waals surface area contributed by atoms with Gasteiger partial charge >= 0.3 is 5.97 Å². The van der Waals surface area contributed by atoms with Gasteiger partial charge < -0.3 is 15.3 Å². The molecule has 0 saturated heterocycles. The van der Waals surface area contributed by atoms with Crippen LogP contribution in [0.1, 0.15) is 46.0 Å². The molecule has 4 heteroatoms. The van der Waals surface area contributed by atoms with Crippen molar-refractivity contribution in [2.45, 2.75) is 52.2 Å². The highest BCUT2D eigenvalue weighted by Gasteiger charge is 1.91. The van der Waals surface area contributed by atoms with Crippen LogP contribution in [0.4, 0.5) is 0 Å². The van der Waals surface area contributed by atoms with Gasteiger partial charge in [-0.3, -0.25) is 4.79 Å². The van der Waals surface area contributed by atoms with Gasteiger partial charge in [0.25, 0.3) is 0 Å². The highest BCUT2D eigenvalue weighted by molar-refractivity contribution is 5.66. The van der Waals surface area contributed by atoms with Crippen molar-refractivity contribution < 1.29 is 20.1 Å². The number of carboxylic acid groups (broad SMARTS) is 1. The molecule has 0 aromatic carbocycles. The Morgan fingerprint density at radius 1 is 1.23 bits per heavy atom. The van der Waals surface area contributed by atoms with Crippen LogP contribution in [0.15, 0.2) is 0 Å². The predicted octanol–water partition coefficient (Wildman–Crippen LogP) is 1.36. The van der Waals surface area contributed by atoms with Gasteiger partial charge in [0.2, 0.25) is 0 Å². The molecule has 0 heterocycles. The van der Waals surface area contributed by atoms with Crippen molar-refractivity contribution in [3.8, 4) is 0 Å². The Hall–Kier alpha value is -0.610. The molecule has 13 heavy (non-hydrogen) atoms. The maximum Gasteiger partial charge on any atom is 0.303 e. The lowest BCUT2D eigenvalue weighted by Crippen LogP contribution is -2.01. The van der Waals surface area contributed by atoms with E-state index in [0.29, 0.717) is 12.8 Å². The molecule has 0 aliphatic rings. The van der Waals surface area contributed by atoms with Crippen LogP contribution in [0.25, 0.3) is 0 Å². The predicted molar refractivity (Wildman–Crippen MR) is 50.3 cm³/mol. The molecule has 80 valence electrons. The molecule has 0 fully saturated rings. The number of unbranched alkanes of at least 4 members (excludes halogenated alkanes) is 1. The average molecular weight is 192 g/mol. The summed E-state index contributed by atoms with van der Waals surface area (Å²) in [7, 11) is 0. The minimum atomic E-state index is -1.10. The largest absolute Gasteiger partial charge is 0.481 e. The van der Waals surface area contributed by atoms with E-state index >= 15 is 0 Å². The number of aliphatic hydroxyl groups is 2. The minimum Gasteiger partial charge on any atom is -0.481 e. The first-order chi connectivity index (χ1) is 6.04. The Balaban J connectivity index is 0. The SMILES string of the molecule is CCCC(O)O.CCCCC(=O)O. The van der Waals surface area contributed by atoms with E-state index in [-0.39, 0.29) is 0 Å². The van der Waals surface area contributed by atoms with Crippen LogP contribution in [-0.2, 0) is 4.79 Å². The number of aliphatic hydroxyl groups excluding tert-OH is 1. The number of carboxylic acids is 1. The maximum atomic E-state index is 9.76. The van der Waals surface area contributed by atoms with Crippen LogP contribution in [0, 0.1) is 0 Å². The second-order valence-electron chi connectivity index (χ2n) is 2.77. The molecule has 4 nitrogen and oxygen atoms in total. The molecule has 3 N–H and O–H groups in total. The van der Waals surface area contributed by atoms with Gasteiger partial charge in [-0.1, -0.05) is 26.7 Å². The second-order valence-corrected chi connectivity index (χ2v) is 2.77. The minimum absolute atomic E-state index is 0.316. The number of hydrogen-bond donors (Lipinski definition) is 3. The lowest BCUT2D eigenvalue weighted by Gasteiger charge is -1.94. The van der Waals surface area contributed by atoms with Crippen molar-refractivity contribution in [3.63, 3.8) is 0 Å². The van der Waals surface area contributed by atoms with Gasteiger partial charge in [0, 0.05) is 6.42 Å². The number of carbonyl (C=O) groups is 1. The standard InChI is InChI=1S/C5H10O2.C4H10O2/c1-2-3-4-5(6)7;1-2-3-4(5)6/h2-4H2,1H3,(H,6,7);4-6H,2-3H2,1H3. The van der Waals surface area contributed by atoms with Crippen molar-refractivity contribution in [2.24, 2.45) is 0 Å². The van der Waals surface area contributed by atoms with E-state index in [1.54, 1.807) is 0 Å². The quantitative estimate of drug-likeness (QED) is 0.575. The molecule has 0 aliphatic carbocycles. The van der Waals surface area contributed by atoms with E-state index in [1.165, 1.54) is 0 Å². The summed E-state index contributed by atoms with van der Waals surface area (Å²) < 4.78 is 0. The molecule has 0 atom stereocenters. The molecule has 0 amide bonds. The number of hydrogen-bond acceptors (Lipinski definition) is 3. The normalized spacial score (nSPS) is 9.31. The highest BCUT2D eigenvalue weighted by Crippen LogP contribution is 1.91. The van der Waals surface area contributed by atoms with E-state index in [2.05, 4.69) is 0 Å². The summed E-state index contributed by atoms with van der Waals surface area (Å²) in [5.41, 5.74) is 0. The van der Waals surface area contributed by atoms with Gasteiger partial charge in [-0.25, -0.2) is 0 Å². The summed E-state index contributed by atoms with van der Waals surface area (Å²) >= 11 is 0. The Bertz CT molecular complexity index is 112. The van der Waals surface area contributed by atoms with E-state index in [0.717, 1.165) is 19.3 Å². The average Bonchev–Trinajstić information content (AvgIpc) is 2.01. The third kappa shape index (κ3) is 24.6. The summed E-state index contributed by atoms with van der Waals surface area (Å²) in [6.45, 7) is 3.88. The molecule has 0 bridgehead atoms. The monoisotopic (exact) mass is 192 g/mol.